The maximum Gasteiger partial charge on any atom is 0.276 e. The van der Waals surface area contributed by atoms with E-state index in [9.17, 15) is 4.79 Å². The number of nitrogens with zero attached hydrogens (tertiary/aromatic N) is 2. The number of amides is 1. The van der Waals surface area contributed by atoms with Gasteiger partial charge in [-0.25, -0.2) is 4.52 Å². The molecule has 0 saturated carbocycles. The zero-order valence-electron chi connectivity index (χ0n) is 9.88. The first-order valence-electron chi connectivity index (χ1n) is 5.74. The van der Waals surface area contributed by atoms with Gasteiger partial charge >= 0.3 is 0 Å². The highest BCUT2D eigenvalue weighted by molar-refractivity contribution is 6.30. The second-order valence-electron chi connectivity index (χ2n) is 4.07. The van der Waals surface area contributed by atoms with Gasteiger partial charge in [0.05, 0.1) is 10.5 Å². The fourth-order valence-electron chi connectivity index (χ4n) is 1.79. The second-order valence-corrected chi connectivity index (χ2v) is 4.50. The van der Waals surface area contributed by atoms with E-state index in [2.05, 4.69) is 10.4 Å². The lowest BCUT2D eigenvalue weighted by Gasteiger charge is -2.01. The molecule has 0 saturated heterocycles. The third-order valence-electron chi connectivity index (χ3n) is 2.69. The van der Waals surface area contributed by atoms with Crippen molar-refractivity contribution in [2.24, 2.45) is 0 Å². The summed E-state index contributed by atoms with van der Waals surface area (Å²) in [6.07, 6.45) is 1.66. The molecular formula is C14H10ClN3O. The Morgan fingerprint density at radius 3 is 2.74 bits per heavy atom. The molecule has 1 N–H and O–H groups in total. The van der Waals surface area contributed by atoms with E-state index >= 15 is 0 Å². The highest BCUT2D eigenvalue weighted by Crippen LogP contribution is 2.13. The van der Waals surface area contributed by atoms with Crippen molar-refractivity contribution < 1.29 is 4.79 Å². The lowest BCUT2D eigenvalue weighted by atomic mass is 10.3. The molecule has 3 rings (SSSR count). The van der Waals surface area contributed by atoms with Crippen LogP contribution in [-0.4, -0.2) is 15.5 Å². The summed E-state index contributed by atoms with van der Waals surface area (Å²) in [6, 6.07) is 14.6. The quantitative estimate of drug-likeness (QED) is 0.778. The number of hydrogen-bond donors (Lipinski definition) is 1. The number of carbonyl (C=O) groups is 1. The number of benzene rings is 1. The van der Waals surface area contributed by atoms with Gasteiger partial charge in [0.2, 0.25) is 0 Å². The molecule has 94 valence electrons. The van der Waals surface area contributed by atoms with Crippen molar-refractivity contribution in [3.63, 3.8) is 0 Å². The molecular weight excluding hydrogens is 262 g/mol. The summed E-state index contributed by atoms with van der Waals surface area (Å²) in [6.45, 7) is 0. The van der Waals surface area contributed by atoms with Crippen LogP contribution in [0, 0.1) is 0 Å². The van der Waals surface area contributed by atoms with Crippen LogP contribution < -0.4 is 5.32 Å². The van der Waals surface area contributed by atoms with Crippen LogP contribution in [0.25, 0.3) is 5.52 Å². The van der Waals surface area contributed by atoms with E-state index in [1.54, 1.807) is 22.8 Å². The molecule has 0 unspecified atom stereocenters. The van der Waals surface area contributed by atoms with Crippen LogP contribution >= 0.6 is 11.6 Å². The lowest BCUT2D eigenvalue weighted by Crippen LogP contribution is -2.12. The number of fused-ring (bicyclic) bond motifs is 1. The molecule has 0 bridgehead atoms. The van der Waals surface area contributed by atoms with Crippen LogP contribution in [0.1, 0.15) is 10.5 Å². The van der Waals surface area contributed by atoms with E-state index in [4.69, 9.17) is 11.6 Å². The maximum atomic E-state index is 12.0. The zero-order valence-corrected chi connectivity index (χ0v) is 10.6. The van der Waals surface area contributed by atoms with E-state index in [0.717, 1.165) is 11.2 Å². The number of anilines is 1. The molecule has 2 aromatic heterocycles. The summed E-state index contributed by atoms with van der Waals surface area (Å²) in [5, 5.41) is 7.55. The first-order valence-corrected chi connectivity index (χ1v) is 6.11. The minimum atomic E-state index is -0.244. The van der Waals surface area contributed by atoms with Gasteiger partial charge in [-0.2, -0.15) is 5.10 Å². The predicted molar refractivity (Wildman–Crippen MR) is 74.6 cm³/mol. The molecule has 5 heteroatoms. The van der Waals surface area contributed by atoms with E-state index < -0.39 is 0 Å². The Morgan fingerprint density at radius 2 is 1.95 bits per heavy atom. The van der Waals surface area contributed by atoms with Crippen LogP contribution in [0.2, 0.25) is 5.02 Å². The van der Waals surface area contributed by atoms with Gasteiger partial charge in [-0.3, -0.25) is 4.79 Å². The maximum absolute atomic E-state index is 12.0. The fraction of sp³-hybridized carbons (Fsp3) is 0. The monoisotopic (exact) mass is 271 g/mol. The van der Waals surface area contributed by atoms with Crippen molar-refractivity contribution in [1.29, 1.82) is 0 Å². The van der Waals surface area contributed by atoms with Crippen LogP contribution in [-0.2, 0) is 0 Å². The summed E-state index contributed by atoms with van der Waals surface area (Å²) in [5.74, 6) is -0.244. The van der Waals surface area contributed by atoms with Crippen molar-refractivity contribution in [1.82, 2.24) is 9.61 Å². The van der Waals surface area contributed by atoms with Gasteiger partial charge in [0.15, 0.2) is 5.69 Å². The average Bonchev–Trinajstić information content (AvgIpc) is 2.83. The predicted octanol–water partition coefficient (Wildman–Crippen LogP) is 3.24. The molecule has 0 aliphatic carbocycles. The van der Waals surface area contributed by atoms with Gasteiger partial charge in [-0.1, -0.05) is 29.8 Å². The topological polar surface area (TPSA) is 46.4 Å². The van der Waals surface area contributed by atoms with Crippen LogP contribution in [0.4, 0.5) is 5.69 Å². The van der Waals surface area contributed by atoms with E-state index in [-0.39, 0.29) is 5.91 Å². The van der Waals surface area contributed by atoms with Crippen molar-refractivity contribution in [2.45, 2.75) is 0 Å². The number of para-hydroxylation sites is 1. The van der Waals surface area contributed by atoms with Gasteiger partial charge in [0, 0.05) is 11.9 Å². The first kappa shape index (κ1) is 11.7. The number of nitrogens with one attached hydrogen (secondary N) is 1. The number of rotatable bonds is 2. The molecule has 0 atom stereocenters. The smallest absolute Gasteiger partial charge is 0.276 e. The minimum Gasteiger partial charge on any atom is -0.321 e. The molecule has 0 fully saturated rings. The molecule has 1 amide bonds. The van der Waals surface area contributed by atoms with Crippen molar-refractivity contribution in [2.75, 3.05) is 5.32 Å². The Morgan fingerprint density at radius 1 is 1.16 bits per heavy atom. The third kappa shape index (κ3) is 2.44. The molecule has 4 nitrogen and oxygen atoms in total. The summed E-state index contributed by atoms with van der Waals surface area (Å²) < 4.78 is 1.59. The number of hydrogen-bond acceptors (Lipinski definition) is 2. The van der Waals surface area contributed by atoms with Gasteiger partial charge in [-0.15, -0.1) is 0 Å². The number of aromatic nitrogens is 2. The summed E-state index contributed by atoms with van der Waals surface area (Å²) in [7, 11) is 0. The Hall–Kier alpha value is -2.33. The van der Waals surface area contributed by atoms with Gasteiger partial charge in [0.1, 0.15) is 0 Å². The second kappa shape index (κ2) is 4.74. The number of halogens is 1. The lowest BCUT2D eigenvalue weighted by molar-refractivity contribution is 0.102. The number of carbonyl (C=O) groups excluding carboxylic acids is 1. The Balaban J connectivity index is 1.89. The molecule has 19 heavy (non-hydrogen) atoms. The molecule has 0 aliphatic heterocycles. The fourth-order valence-corrected chi connectivity index (χ4v) is 1.94. The molecule has 3 aromatic rings. The first-order chi connectivity index (χ1) is 9.22. The summed E-state index contributed by atoms with van der Waals surface area (Å²) in [5.41, 5.74) is 1.91. The molecule has 0 radical (unpaired) electrons. The van der Waals surface area contributed by atoms with Crippen LogP contribution in [0.3, 0.4) is 0 Å². The summed E-state index contributed by atoms with van der Waals surface area (Å²) >= 11 is 5.88. The Labute approximate surface area is 114 Å². The van der Waals surface area contributed by atoms with Gasteiger partial charge in [0.25, 0.3) is 5.91 Å². The average molecular weight is 272 g/mol. The number of pyridine rings is 1. The minimum absolute atomic E-state index is 0.244. The van der Waals surface area contributed by atoms with Gasteiger partial charge < -0.3 is 5.32 Å². The van der Waals surface area contributed by atoms with E-state index in [1.807, 2.05) is 36.4 Å². The molecule has 0 aliphatic rings. The standard InChI is InChI=1S/C14H10ClN3O/c15-10-6-7-12-8-13(17-18(12)9-10)14(19)16-11-4-2-1-3-5-11/h1-9H,(H,16,19). The third-order valence-corrected chi connectivity index (χ3v) is 2.91. The molecule has 1 aromatic carbocycles. The highest BCUT2D eigenvalue weighted by Gasteiger charge is 2.11. The van der Waals surface area contributed by atoms with Gasteiger partial charge in [-0.05, 0) is 30.3 Å². The van der Waals surface area contributed by atoms with Crippen LogP contribution in [0.5, 0.6) is 0 Å². The largest absolute Gasteiger partial charge is 0.321 e. The normalized spacial score (nSPS) is 10.6. The van der Waals surface area contributed by atoms with E-state index in [0.29, 0.717) is 10.7 Å². The van der Waals surface area contributed by atoms with E-state index in [1.165, 1.54) is 0 Å². The van der Waals surface area contributed by atoms with Crippen molar-refractivity contribution >= 4 is 28.7 Å². The molecule has 0 spiro atoms. The zero-order chi connectivity index (χ0) is 13.2. The Bertz CT molecular complexity index is 737. The Kier molecular flexibility index (Phi) is 2.93. The van der Waals surface area contributed by atoms with Crippen LogP contribution in [0.15, 0.2) is 54.7 Å². The molecule has 2 heterocycles. The van der Waals surface area contributed by atoms with Crippen molar-refractivity contribution in [3.05, 3.63) is 65.4 Å². The SMILES string of the molecule is O=C(Nc1ccccc1)c1cc2ccc(Cl)cn2n1. The summed E-state index contributed by atoms with van der Waals surface area (Å²) in [4.78, 5) is 12.0. The highest BCUT2D eigenvalue weighted by atomic mass is 35.5. The van der Waals surface area contributed by atoms with Crippen molar-refractivity contribution in [3.8, 4) is 0 Å².